The van der Waals surface area contributed by atoms with E-state index in [9.17, 15) is 9.90 Å². The third-order valence-electron chi connectivity index (χ3n) is 3.68. The van der Waals surface area contributed by atoms with Crippen molar-refractivity contribution in [1.82, 2.24) is 4.98 Å². The molecule has 0 saturated carbocycles. The van der Waals surface area contributed by atoms with Crippen LogP contribution in [0.1, 0.15) is 12.5 Å². The van der Waals surface area contributed by atoms with E-state index in [4.69, 9.17) is 0 Å². The summed E-state index contributed by atoms with van der Waals surface area (Å²) in [6.07, 6.45) is 0. The molecule has 5 heteroatoms. The van der Waals surface area contributed by atoms with Gasteiger partial charge in [-0.15, -0.1) is 0 Å². The van der Waals surface area contributed by atoms with E-state index in [1.54, 1.807) is 18.2 Å². The number of nitrogens with one attached hydrogen (secondary N) is 1. The van der Waals surface area contributed by atoms with Gasteiger partial charge in [0.05, 0.1) is 15.8 Å². The van der Waals surface area contributed by atoms with Crippen LogP contribution >= 0.6 is 11.8 Å². The molecule has 0 spiro atoms. The number of aromatic hydroxyl groups is 1. The van der Waals surface area contributed by atoms with Crippen LogP contribution in [-0.4, -0.2) is 21.2 Å². The summed E-state index contributed by atoms with van der Waals surface area (Å²) in [6.45, 7) is 3.89. The molecular weight excluding hydrogens is 320 g/mol. The molecule has 1 heterocycles. The lowest BCUT2D eigenvalue weighted by Gasteiger charge is -2.13. The maximum Gasteiger partial charge on any atom is 0.237 e. The van der Waals surface area contributed by atoms with E-state index in [1.807, 2.05) is 44.2 Å². The van der Waals surface area contributed by atoms with Gasteiger partial charge in [0.15, 0.2) is 0 Å². The SMILES string of the molecule is Cc1cc(SC(C)C(=O)Nc2cccc(O)c2)nc2ccccc12. The Morgan fingerprint density at radius 2 is 1.96 bits per heavy atom. The quantitative estimate of drug-likeness (QED) is 0.694. The molecule has 3 rings (SSSR count). The van der Waals surface area contributed by atoms with Gasteiger partial charge >= 0.3 is 0 Å². The van der Waals surface area contributed by atoms with Crippen LogP contribution in [0.3, 0.4) is 0 Å². The Balaban J connectivity index is 1.74. The van der Waals surface area contributed by atoms with Gasteiger partial charge in [-0.1, -0.05) is 36.0 Å². The molecule has 24 heavy (non-hydrogen) atoms. The number of phenolic OH excluding ortho intramolecular Hbond substituents is 1. The highest BCUT2D eigenvalue weighted by molar-refractivity contribution is 8.00. The third-order valence-corrected chi connectivity index (χ3v) is 4.70. The van der Waals surface area contributed by atoms with Crippen molar-refractivity contribution in [2.45, 2.75) is 24.1 Å². The second kappa shape index (κ2) is 6.93. The van der Waals surface area contributed by atoms with E-state index < -0.39 is 0 Å². The number of para-hydroxylation sites is 1. The zero-order valence-electron chi connectivity index (χ0n) is 13.5. The number of aromatic nitrogens is 1. The number of nitrogens with zero attached hydrogens (tertiary/aromatic N) is 1. The van der Waals surface area contributed by atoms with Crippen molar-refractivity contribution in [3.63, 3.8) is 0 Å². The average molecular weight is 338 g/mol. The molecule has 0 aliphatic rings. The Morgan fingerprint density at radius 1 is 1.17 bits per heavy atom. The Labute approximate surface area is 144 Å². The molecule has 122 valence electrons. The van der Waals surface area contributed by atoms with Crippen LogP contribution in [0.4, 0.5) is 5.69 Å². The number of benzene rings is 2. The van der Waals surface area contributed by atoms with Crippen molar-refractivity contribution in [3.8, 4) is 5.75 Å². The number of hydrogen-bond acceptors (Lipinski definition) is 4. The molecule has 0 bridgehead atoms. The predicted molar refractivity (Wildman–Crippen MR) is 98.5 cm³/mol. The van der Waals surface area contributed by atoms with Crippen molar-refractivity contribution in [2.75, 3.05) is 5.32 Å². The zero-order valence-corrected chi connectivity index (χ0v) is 14.3. The van der Waals surface area contributed by atoms with E-state index in [0.717, 1.165) is 21.5 Å². The minimum Gasteiger partial charge on any atom is -0.508 e. The van der Waals surface area contributed by atoms with Crippen LogP contribution < -0.4 is 5.32 Å². The second-order valence-corrected chi connectivity index (χ2v) is 6.96. The highest BCUT2D eigenvalue weighted by Gasteiger charge is 2.16. The minimum atomic E-state index is -0.305. The smallest absolute Gasteiger partial charge is 0.237 e. The molecule has 0 radical (unpaired) electrons. The molecule has 1 atom stereocenters. The van der Waals surface area contributed by atoms with Gasteiger partial charge in [-0.3, -0.25) is 4.79 Å². The summed E-state index contributed by atoms with van der Waals surface area (Å²) >= 11 is 1.42. The Kier molecular flexibility index (Phi) is 4.71. The molecule has 2 N–H and O–H groups in total. The first kappa shape index (κ1) is 16.3. The molecule has 0 aliphatic carbocycles. The summed E-state index contributed by atoms with van der Waals surface area (Å²) in [5.41, 5.74) is 2.65. The van der Waals surface area contributed by atoms with Crippen LogP contribution in [0, 0.1) is 6.92 Å². The van der Waals surface area contributed by atoms with Crippen molar-refractivity contribution >= 4 is 34.3 Å². The number of pyridine rings is 1. The fourth-order valence-electron chi connectivity index (χ4n) is 2.44. The Hall–Kier alpha value is -2.53. The Morgan fingerprint density at radius 3 is 2.75 bits per heavy atom. The molecule has 0 aliphatic heterocycles. The number of aryl methyl sites for hydroxylation is 1. The van der Waals surface area contributed by atoms with E-state index in [0.29, 0.717) is 5.69 Å². The first-order valence-corrected chi connectivity index (χ1v) is 8.54. The number of carbonyl (C=O) groups excluding carboxylic acids is 1. The topological polar surface area (TPSA) is 62.2 Å². The van der Waals surface area contributed by atoms with Crippen molar-refractivity contribution < 1.29 is 9.90 Å². The van der Waals surface area contributed by atoms with E-state index in [1.165, 1.54) is 17.8 Å². The van der Waals surface area contributed by atoms with Crippen molar-refractivity contribution in [2.24, 2.45) is 0 Å². The molecule has 0 saturated heterocycles. The molecule has 0 fully saturated rings. The molecule has 1 amide bonds. The number of rotatable bonds is 4. The van der Waals surface area contributed by atoms with Gasteiger partial charge in [-0.25, -0.2) is 4.98 Å². The highest BCUT2D eigenvalue weighted by atomic mass is 32.2. The lowest BCUT2D eigenvalue weighted by molar-refractivity contribution is -0.115. The molecular formula is C19H18N2O2S. The number of fused-ring (bicyclic) bond motifs is 1. The van der Waals surface area contributed by atoms with Crippen LogP contribution in [0.5, 0.6) is 5.75 Å². The first-order valence-electron chi connectivity index (χ1n) is 7.66. The van der Waals surface area contributed by atoms with Gasteiger partial charge in [-0.2, -0.15) is 0 Å². The van der Waals surface area contributed by atoms with Crippen LogP contribution in [0.25, 0.3) is 10.9 Å². The monoisotopic (exact) mass is 338 g/mol. The van der Waals surface area contributed by atoms with Gasteiger partial charge < -0.3 is 10.4 Å². The van der Waals surface area contributed by atoms with Gasteiger partial charge in [0.25, 0.3) is 0 Å². The fraction of sp³-hybridized carbons (Fsp3) is 0.158. The summed E-state index contributed by atoms with van der Waals surface area (Å²) in [5, 5.41) is 13.9. The van der Waals surface area contributed by atoms with Gasteiger partial charge in [0, 0.05) is 17.1 Å². The maximum atomic E-state index is 12.3. The number of phenols is 1. The van der Waals surface area contributed by atoms with Crippen LogP contribution in [0.15, 0.2) is 59.6 Å². The summed E-state index contributed by atoms with van der Waals surface area (Å²) < 4.78 is 0. The lowest BCUT2D eigenvalue weighted by Crippen LogP contribution is -2.22. The number of hydrogen-bond donors (Lipinski definition) is 2. The number of anilines is 1. The lowest BCUT2D eigenvalue weighted by atomic mass is 10.1. The predicted octanol–water partition coefficient (Wildman–Crippen LogP) is 4.37. The van der Waals surface area contributed by atoms with Crippen molar-refractivity contribution in [1.29, 1.82) is 0 Å². The summed E-state index contributed by atoms with van der Waals surface area (Å²) in [4.78, 5) is 17.0. The van der Waals surface area contributed by atoms with Crippen LogP contribution in [0.2, 0.25) is 0 Å². The van der Waals surface area contributed by atoms with Crippen molar-refractivity contribution in [3.05, 3.63) is 60.2 Å². The summed E-state index contributed by atoms with van der Waals surface area (Å²) in [7, 11) is 0. The maximum absolute atomic E-state index is 12.3. The molecule has 1 aromatic heterocycles. The number of thioether (sulfide) groups is 1. The molecule has 3 aromatic rings. The van der Waals surface area contributed by atoms with E-state index in [-0.39, 0.29) is 16.9 Å². The fourth-order valence-corrected chi connectivity index (χ4v) is 3.37. The molecule has 1 unspecified atom stereocenters. The van der Waals surface area contributed by atoms with Gasteiger partial charge in [0.1, 0.15) is 5.75 Å². The first-order chi connectivity index (χ1) is 11.5. The number of amides is 1. The highest BCUT2D eigenvalue weighted by Crippen LogP contribution is 2.27. The third kappa shape index (κ3) is 3.68. The summed E-state index contributed by atoms with van der Waals surface area (Å²) in [5.74, 6) is -0.00172. The summed E-state index contributed by atoms with van der Waals surface area (Å²) in [6, 6.07) is 16.5. The van der Waals surface area contributed by atoms with E-state index in [2.05, 4.69) is 10.3 Å². The van der Waals surface area contributed by atoms with E-state index >= 15 is 0 Å². The van der Waals surface area contributed by atoms with Gasteiger partial charge in [0.2, 0.25) is 5.91 Å². The molecule has 4 nitrogen and oxygen atoms in total. The van der Waals surface area contributed by atoms with Gasteiger partial charge in [-0.05, 0) is 43.7 Å². The zero-order chi connectivity index (χ0) is 17.1. The number of carbonyl (C=O) groups is 1. The van der Waals surface area contributed by atoms with Crippen LogP contribution in [-0.2, 0) is 4.79 Å². The second-order valence-electron chi connectivity index (χ2n) is 5.59. The standard InChI is InChI=1S/C19H18N2O2S/c1-12-10-18(21-17-9-4-3-8-16(12)17)24-13(2)19(23)20-14-6-5-7-15(22)11-14/h3-11,13,22H,1-2H3,(H,20,23). The minimum absolute atomic E-state index is 0.125. The largest absolute Gasteiger partial charge is 0.508 e. The normalized spacial score (nSPS) is 12.1. The Bertz CT molecular complexity index is 895. The molecule has 2 aromatic carbocycles. The average Bonchev–Trinajstić information content (AvgIpc) is 2.55.